The molecule has 2 aromatic carbocycles. The monoisotopic (exact) mass is 452 g/mol. The minimum atomic E-state index is -0.473. The van der Waals surface area contributed by atoms with Gasteiger partial charge in [-0.2, -0.15) is 0 Å². The van der Waals surface area contributed by atoms with Crippen molar-refractivity contribution in [3.63, 3.8) is 0 Å². The number of furan rings is 1. The van der Waals surface area contributed by atoms with Crippen LogP contribution in [0.5, 0.6) is 0 Å². The second kappa shape index (κ2) is 10.8. The molecular formula is C25H29FN4O3. The highest BCUT2D eigenvalue weighted by molar-refractivity contribution is 6.04. The fourth-order valence-corrected chi connectivity index (χ4v) is 3.39. The summed E-state index contributed by atoms with van der Waals surface area (Å²) in [6.07, 6.45) is 1.48. The molecule has 0 aliphatic heterocycles. The normalized spacial score (nSPS) is 10.8. The first-order chi connectivity index (χ1) is 15.7. The fraction of sp³-hybridized carbons (Fsp3) is 0.280. The van der Waals surface area contributed by atoms with Crippen LogP contribution >= 0.6 is 0 Å². The summed E-state index contributed by atoms with van der Waals surface area (Å²) >= 11 is 0. The Hall–Kier alpha value is -3.65. The van der Waals surface area contributed by atoms with Gasteiger partial charge in [0.25, 0.3) is 11.8 Å². The van der Waals surface area contributed by atoms with Crippen LogP contribution in [-0.2, 0) is 6.54 Å². The van der Waals surface area contributed by atoms with E-state index >= 15 is 0 Å². The van der Waals surface area contributed by atoms with Crippen LogP contribution in [0.4, 0.5) is 15.8 Å². The minimum Gasteiger partial charge on any atom is -0.459 e. The van der Waals surface area contributed by atoms with E-state index in [1.165, 1.54) is 24.5 Å². The molecular weight excluding hydrogens is 423 g/mol. The minimum absolute atomic E-state index is 0.208. The number of anilines is 2. The lowest BCUT2D eigenvalue weighted by molar-refractivity contribution is 0.0700. The van der Waals surface area contributed by atoms with Gasteiger partial charge in [0.15, 0.2) is 5.76 Å². The molecule has 8 heteroatoms. The Labute approximate surface area is 193 Å². The molecule has 0 spiro atoms. The van der Waals surface area contributed by atoms with Gasteiger partial charge >= 0.3 is 0 Å². The van der Waals surface area contributed by atoms with Crippen LogP contribution in [0.2, 0.25) is 0 Å². The molecule has 3 aromatic rings. The summed E-state index contributed by atoms with van der Waals surface area (Å²) in [4.78, 5) is 31.3. The quantitative estimate of drug-likeness (QED) is 0.533. The van der Waals surface area contributed by atoms with Gasteiger partial charge in [-0.05, 0) is 68.2 Å². The van der Waals surface area contributed by atoms with Crippen molar-refractivity contribution in [3.8, 4) is 0 Å². The molecule has 0 bridgehead atoms. The zero-order valence-electron chi connectivity index (χ0n) is 19.3. The van der Waals surface area contributed by atoms with Gasteiger partial charge in [0.05, 0.1) is 6.26 Å². The van der Waals surface area contributed by atoms with Crippen molar-refractivity contribution in [3.05, 3.63) is 83.6 Å². The number of likely N-dealkylation sites (N-methyl/N-ethyl adjacent to an activating group) is 1. The van der Waals surface area contributed by atoms with E-state index in [9.17, 15) is 14.0 Å². The van der Waals surface area contributed by atoms with Gasteiger partial charge < -0.3 is 24.4 Å². The number of hydrogen-bond acceptors (Lipinski definition) is 5. The fourth-order valence-electron chi connectivity index (χ4n) is 3.39. The molecule has 0 aliphatic rings. The van der Waals surface area contributed by atoms with Crippen molar-refractivity contribution in [1.82, 2.24) is 9.80 Å². The summed E-state index contributed by atoms with van der Waals surface area (Å²) in [6.45, 7) is 1.50. The van der Waals surface area contributed by atoms with Crippen molar-refractivity contribution in [1.29, 1.82) is 0 Å². The van der Waals surface area contributed by atoms with Gasteiger partial charge in [-0.1, -0.05) is 6.07 Å². The number of benzene rings is 2. The Morgan fingerprint density at radius 2 is 1.76 bits per heavy atom. The van der Waals surface area contributed by atoms with Gasteiger partial charge in [-0.15, -0.1) is 0 Å². The molecule has 2 amide bonds. The Morgan fingerprint density at radius 1 is 0.970 bits per heavy atom. The molecule has 0 saturated carbocycles. The topological polar surface area (TPSA) is 69.0 Å². The molecule has 1 heterocycles. The largest absolute Gasteiger partial charge is 0.459 e. The van der Waals surface area contributed by atoms with Crippen LogP contribution in [0, 0.1) is 5.82 Å². The first kappa shape index (κ1) is 24.0. The highest BCUT2D eigenvalue weighted by Crippen LogP contribution is 2.25. The molecule has 33 heavy (non-hydrogen) atoms. The summed E-state index contributed by atoms with van der Waals surface area (Å²) in [5, 5.41) is 2.82. The average Bonchev–Trinajstić information content (AvgIpc) is 3.31. The van der Waals surface area contributed by atoms with E-state index in [2.05, 4.69) is 5.32 Å². The molecule has 3 rings (SSSR count). The van der Waals surface area contributed by atoms with Crippen LogP contribution in [-0.4, -0.2) is 62.9 Å². The van der Waals surface area contributed by atoms with Crippen molar-refractivity contribution in [2.24, 2.45) is 0 Å². The second-order valence-corrected chi connectivity index (χ2v) is 8.21. The first-order valence-electron chi connectivity index (χ1n) is 10.6. The van der Waals surface area contributed by atoms with Gasteiger partial charge in [0.2, 0.25) is 0 Å². The van der Waals surface area contributed by atoms with Crippen molar-refractivity contribution in [2.45, 2.75) is 6.54 Å². The third kappa shape index (κ3) is 6.43. The molecule has 0 aliphatic carbocycles. The molecule has 0 radical (unpaired) electrons. The van der Waals surface area contributed by atoms with Crippen LogP contribution in [0.25, 0.3) is 0 Å². The molecule has 174 valence electrons. The number of carbonyl (C=O) groups is 2. The van der Waals surface area contributed by atoms with E-state index in [-0.39, 0.29) is 17.2 Å². The third-order valence-corrected chi connectivity index (χ3v) is 5.10. The lowest BCUT2D eigenvalue weighted by atomic mass is 10.1. The van der Waals surface area contributed by atoms with Crippen molar-refractivity contribution < 1.29 is 18.4 Å². The van der Waals surface area contributed by atoms with Crippen LogP contribution in [0.3, 0.4) is 0 Å². The molecule has 0 saturated heterocycles. The number of amides is 2. The Kier molecular flexibility index (Phi) is 7.84. The van der Waals surface area contributed by atoms with E-state index in [4.69, 9.17) is 4.42 Å². The number of nitrogens with zero attached hydrogens (tertiary/aromatic N) is 3. The first-order valence-corrected chi connectivity index (χ1v) is 10.6. The molecule has 1 N–H and O–H groups in total. The second-order valence-electron chi connectivity index (χ2n) is 8.21. The Balaban J connectivity index is 1.88. The zero-order chi connectivity index (χ0) is 24.0. The molecule has 0 fully saturated rings. The molecule has 0 unspecified atom stereocenters. The predicted molar refractivity (Wildman–Crippen MR) is 127 cm³/mol. The standard InChI is InChI=1S/C25H29FN4O3/c1-28(2)12-13-30(25(32)23-9-6-14-33-23)17-19-16-21(10-11-22(19)29(3)4)27-24(31)18-7-5-8-20(26)15-18/h5-11,14-16H,12-13,17H2,1-4H3,(H,27,31). The molecule has 7 nitrogen and oxygen atoms in total. The highest BCUT2D eigenvalue weighted by Gasteiger charge is 2.21. The van der Waals surface area contributed by atoms with Gasteiger partial charge in [-0.25, -0.2) is 4.39 Å². The number of nitrogens with one attached hydrogen (secondary N) is 1. The lowest BCUT2D eigenvalue weighted by Gasteiger charge is -2.26. The summed E-state index contributed by atoms with van der Waals surface area (Å²) in [6, 6.07) is 14.4. The van der Waals surface area contributed by atoms with E-state index in [0.717, 1.165) is 11.3 Å². The SMILES string of the molecule is CN(C)CCN(Cc1cc(NC(=O)c2cccc(F)c2)ccc1N(C)C)C(=O)c1ccco1. The van der Waals surface area contributed by atoms with E-state index in [1.54, 1.807) is 29.2 Å². The third-order valence-electron chi connectivity index (χ3n) is 5.10. The highest BCUT2D eigenvalue weighted by atomic mass is 19.1. The molecule has 0 atom stereocenters. The molecule has 1 aromatic heterocycles. The van der Waals surface area contributed by atoms with Crippen molar-refractivity contribution in [2.75, 3.05) is 51.5 Å². The maximum Gasteiger partial charge on any atom is 0.289 e. The van der Waals surface area contributed by atoms with Gasteiger partial charge in [0, 0.05) is 50.7 Å². The number of halogens is 1. The lowest BCUT2D eigenvalue weighted by Crippen LogP contribution is -2.36. The zero-order valence-corrected chi connectivity index (χ0v) is 19.3. The van der Waals surface area contributed by atoms with Crippen LogP contribution in [0.1, 0.15) is 26.5 Å². The maximum atomic E-state index is 13.5. The summed E-state index contributed by atoms with van der Waals surface area (Å²) in [5.74, 6) is -0.815. The number of hydrogen-bond donors (Lipinski definition) is 1. The smallest absolute Gasteiger partial charge is 0.289 e. The van der Waals surface area contributed by atoms with E-state index < -0.39 is 11.7 Å². The van der Waals surface area contributed by atoms with Gasteiger partial charge in [-0.3, -0.25) is 9.59 Å². The van der Waals surface area contributed by atoms with E-state index in [1.807, 2.05) is 50.1 Å². The van der Waals surface area contributed by atoms with Crippen molar-refractivity contribution >= 4 is 23.2 Å². The number of rotatable bonds is 9. The Bertz CT molecular complexity index is 1100. The van der Waals surface area contributed by atoms with Gasteiger partial charge in [0.1, 0.15) is 5.82 Å². The maximum absolute atomic E-state index is 13.5. The van der Waals surface area contributed by atoms with Crippen LogP contribution < -0.4 is 10.2 Å². The summed E-state index contributed by atoms with van der Waals surface area (Å²) in [5.41, 5.74) is 2.56. The Morgan fingerprint density at radius 3 is 2.39 bits per heavy atom. The summed E-state index contributed by atoms with van der Waals surface area (Å²) < 4.78 is 18.8. The average molecular weight is 453 g/mol. The summed E-state index contributed by atoms with van der Waals surface area (Å²) in [7, 11) is 7.73. The van der Waals surface area contributed by atoms with Crippen LogP contribution in [0.15, 0.2) is 65.3 Å². The number of carbonyl (C=O) groups excluding carboxylic acids is 2. The van der Waals surface area contributed by atoms with E-state index in [0.29, 0.717) is 25.3 Å². The predicted octanol–water partition coefficient (Wildman–Crippen LogP) is 3.94.